The van der Waals surface area contributed by atoms with Gasteiger partial charge >= 0.3 is 0 Å². The predicted octanol–water partition coefficient (Wildman–Crippen LogP) is 3.15. The highest BCUT2D eigenvalue weighted by atomic mass is 16.5. The van der Waals surface area contributed by atoms with Crippen molar-refractivity contribution in [2.45, 2.75) is 45.1 Å². The van der Waals surface area contributed by atoms with Crippen molar-refractivity contribution in [3.63, 3.8) is 0 Å². The molecule has 2 rings (SSSR count). The summed E-state index contributed by atoms with van der Waals surface area (Å²) >= 11 is 0. The first-order chi connectivity index (χ1) is 11.1. The highest BCUT2D eigenvalue weighted by Gasteiger charge is 2.18. The van der Waals surface area contributed by atoms with Gasteiger partial charge in [0.2, 0.25) is 0 Å². The van der Waals surface area contributed by atoms with Gasteiger partial charge in [-0.05, 0) is 43.5 Å². The lowest BCUT2D eigenvalue weighted by Gasteiger charge is -2.22. The monoisotopic (exact) mass is 314 g/mol. The topological polar surface area (TPSA) is 82.3 Å². The molecule has 1 aliphatic carbocycles. The van der Waals surface area contributed by atoms with Crippen molar-refractivity contribution in [1.82, 2.24) is 5.32 Å². The van der Waals surface area contributed by atoms with Crippen molar-refractivity contribution in [2.75, 3.05) is 6.61 Å². The lowest BCUT2D eigenvalue weighted by Crippen LogP contribution is -2.36. The number of nitrogens with zero attached hydrogens (tertiary/aromatic N) is 1. The van der Waals surface area contributed by atoms with Crippen LogP contribution in [-0.2, 0) is 4.79 Å². The summed E-state index contributed by atoms with van der Waals surface area (Å²) in [5, 5.41) is 21.9. The van der Waals surface area contributed by atoms with Crippen LogP contribution in [0.3, 0.4) is 0 Å². The Hall–Kier alpha value is -2.48. The van der Waals surface area contributed by atoms with E-state index in [1.54, 1.807) is 12.1 Å². The molecule has 122 valence electrons. The van der Waals surface area contributed by atoms with E-state index in [1.807, 2.05) is 13.0 Å². The molecule has 23 heavy (non-hydrogen) atoms. The van der Waals surface area contributed by atoms with Crippen molar-refractivity contribution in [2.24, 2.45) is 0 Å². The van der Waals surface area contributed by atoms with Crippen molar-refractivity contribution >= 4 is 12.0 Å². The number of amides is 1. The molecule has 1 saturated carbocycles. The maximum Gasteiger partial charge on any atom is 0.262 e. The highest BCUT2D eigenvalue weighted by molar-refractivity contribution is 6.01. The molecule has 1 fully saturated rings. The van der Waals surface area contributed by atoms with Gasteiger partial charge in [0.1, 0.15) is 11.6 Å². The van der Waals surface area contributed by atoms with Crippen LogP contribution in [0.2, 0.25) is 0 Å². The van der Waals surface area contributed by atoms with Crippen LogP contribution in [0.4, 0.5) is 0 Å². The maximum atomic E-state index is 12.2. The molecule has 0 bridgehead atoms. The lowest BCUT2D eigenvalue weighted by molar-refractivity contribution is -0.117. The molecule has 1 aromatic rings. The number of nitriles is 1. The van der Waals surface area contributed by atoms with Crippen LogP contribution < -0.4 is 10.1 Å². The van der Waals surface area contributed by atoms with Gasteiger partial charge in [-0.25, -0.2) is 0 Å². The molecule has 0 aromatic heterocycles. The van der Waals surface area contributed by atoms with E-state index in [9.17, 15) is 15.2 Å². The molecule has 2 N–H and O–H groups in total. The second-order valence-corrected chi connectivity index (χ2v) is 5.64. The van der Waals surface area contributed by atoms with Crippen molar-refractivity contribution in [3.05, 3.63) is 29.3 Å². The van der Waals surface area contributed by atoms with Crippen LogP contribution in [0.15, 0.2) is 23.8 Å². The van der Waals surface area contributed by atoms with E-state index in [0.29, 0.717) is 17.9 Å². The average molecular weight is 314 g/mol. The molecular formula is C18H22N2O3. The highest BCUT2D eigenvalue weighted by Crippen LogP contribution is 2.27. The van der Waals surface area contributed by atoms with Crippen molar-refractivity contribution in [3.8, 4) is 17.6 Å². The standard InChI is InChI=1S/C18H22N2O3/c1-2-23-17-11-13(8-9-16(17)21)10-14(12-19)18(22)20-15-6-4-3-5-7-15/h8-11,15,21H,2-7H2,1H3,(H,20,22)/b14-10+. The number of phenolic OH excluding ortho intramolecular Hbond substituents is 1. The number of benzene rings is 1. The Morgan fingerprint density at radius 2 is 2.17 bits per heavy atom. The van der Waals surface area contributed by atoms with Gasteiger partial charge in [-0.15, -0.1) is 0 Å². The number of carbonyl (C=O) groups is 1. The molecule has 0 radical (unpaired) electrons. The molecule has 1 amide bonds. The molecule has 5 heteroatoms. The van der Waals surface area contributed by atoms with Gasteiger partial charge in [0.05, 0.1) is 6.61 Å². The van der Waals surface area contributed by atoms with Gasteiger partial charge in [-0.3, -0.25) is 4.79 Å². The number of hydrogen-bond acceptors (Lipinski definition) is 4. The SMILES string of the molecule is CCOc1cc(/C=C(\C#N)C(=O)NC2CCCCC2)ccc1O. The molecule has 1 aliphatic rings. The summed E-state index contributed by atoms with van der Waals surface area (Å²) < 4.78 is 5.31. The minimum Gasteiger partial charge on any atom is -0.504 e. The third-order valence-electron chi connectivity index (χ3n) is 3.90. The van der Waals surface area contributed by atoms with E-state index in [1.165, 1.54) is 18.6 Å². The fraction of sp³-hybridized carbons (Fsp3) is 0.444. The van der Waals surface area contributed by atoms with Gasteiger partial charge in [-0.2, -0.15) is 5.26 Å². The summed E-state index contributed by atoms with van der Waals surface area (Å²) in [6.07, 6.45) is 6.90. The largest absolute Gasteiger partial charge is 0.504 e. The van der Waals surface area contributed by atoms with E-state index < -0.39 is 0 Å². The smallest absolute Gasteiger partial charge is 0.262 e. The Bertz CT molecular complexity index is 626. The molecule has 0 heterocycles. The summed E-state index contributed by atoms with van der Waals surface area (Å²) in [6, 6.07) is 6.86. The van der Waals surface area contributed by atoms with Crippen LogP contribution in [0.25, 0.3) is 6.08 Å². The average Bonchev–Trinajstić information content (AvgIpc) is 2.56. The Kier molecular flexibility index (Phi) is 6.04. The molecule has 0 spiro atoms. The van der Waals surface area contributed by atoms with E-state index in [2.05, 4.69) is 5.32 Å². The van der Waals surface area contributed by atoms with Gasteiger partial charge in [0, 0.05) is 6.04 Å². The Balaban J connectivity index is 2.12. The van der Waals surface area contributed by atoms with Gasteiger partial charge in [0.25, 0.3) is 5.91 Å². The number of phenols is 1. The van der Waals surface area contributed by atoms with E-state index in [0.717, 1.165) is 25.7 Å². The lowest BCUT2D eigenvalue weighted by atomic mass is 9.95. The third-order valence-corrected chi connectivity index (χ3v) is 3.90. The Morgan fingerprint density at radius 3 is 2.83 bits per heavy atom. The third kappa shape index (κ3) is 4.75. The van der Waals surface area contributed by atoms with Crippen LogP contribution >= 0.6 is 0 Å². The summed E-state index contributed by atoms with van der Waals surface area (Å²) in [7, 11) is 0. The minimum absolute atomic E-state index is 0.0363. The zero-order chi connectivity index (χ0) is 16.7. The predicted molar refractivity (Wildman–Crippen MR) is 87.9 cm³/mol. The van der Waals surface area contributed by atoms with E-state index >= 15 is 0 Å². The first kappa shape index (κ1) is 16.9. The number of rotatable bonds is 5. The zero-order valence-electron chi connectivity index (χ0n) is 13.3. The molecule has 0 unspecified atom stereocenters. The number of hydrogen-bond donors (Lipinski definition) is 2. The van der Waals surface area contributed by atoms with Crippen LogP contribution in [-0.4, -0.2) is 23.7 Å². The molecular weight excluding hydrogens is 292 g/mol. The van der Waals surface area contributed by atoms with E-state index in [4.69, 9.17) is 4.74 Å². The van der Waals surface area contributed by atoms with Crippen molar-refractivity contribution in [1.29, 1.82) is 5.26 Å². The fourth-order valence-electron chi connectivity index (χ4n) is 2.72. The number of carbonyl (C=O) groups excluding carboxylic acids is 1. The minimum atomic E-state index is -0.342. The number of aromatic hydroxyl groups is 1. The molecule has 0 aliphatic heterocycles. The first-order valence-electron chi connectivity index (χ1n) is 8.02. The molecule has 1 aromatic carbocycles. The van der Waals surface area contributed by atoms with Gasteiger partial charge in [0.15, 0.2) is 11.5 Å². The zero-order valence-corrected chi connectivity index (χ0v) is 13.3. The second kappa shape index (κ2) is 8.23. The Labute approximate surface area is 136 Å². The number of ether oxygens (including phenoxy) is 1. The summed E-state index contributed by atoms with van der Waals surface area (Å²) in [5.41, 5.74) is 0.699. The van der Waals surface area contributed by atoms with Gasteiger partial charge < -0.3 is 15.2 Å². The summed E-state index contributed by atoms with van der Waals surface area (Å²) in [4.78, 5) is 12.2. The molecule has 5 nitrogen and oxygen atoms in total. The van der Waals surface area contributed by atoms with Crippen LogP contribution in [0, 0.1) is 11.3 Å². The van der Waals surface area contributed by atoms with Crippen LogP contribution in [0.5, 0.6) is 11.5 Å². The Morgan fingerprint density at radius 1 is 1.43 bits per heavy atom. The maximum absolute atomic E-state index is 12.2. The number of nitrogens with one attached hydrogen (secondary N) is 1. The molecule has 0 atom stereocenters. The summed E-state index contributed by atoms with van der Waals surface area (Å²) in [5.74, 6) is 0.0332. The van der Waals surface area contributed by atoms with Crippen molar-refractivity contribution < 1.29 is 14.6 Å². The van der Waals surface area contributed by atoms with Gasteiger partial charge in [-0.1, -0.05) is 25.3 Å². The van der Waals surface area contributed by atoms with E-state index in [-0.39, 0.29) is 23.3 Å². The first-order valence-corrected chi connectivity index (χ1v) is 8.02. The summed E-state index contributed by atoms with van der Waals surface area (Å²) in [6.45, 7) is 2.24. The molecule has 0 saturated heterocycles. The fourth-order valence-corrected chi connectivity index (χ4v) is 2.72. The quantitative estimate of drug-likeness (QED) is 0.646. The van der Waals surface area contributed by atoms with Crippen LogP contribution in [0.1, 0.15) is 44.6 Å². The second-order valence-electron chi connectivity index (χ2n) is 5.64. The normalized spacial score (nSPS) is 15.7.